The highest BCUT2D eigenvalue weighted by Crippen LogP contribution is 2.52. The number of benzene rings is 1. The number of amides is 1. The first kappa shape index (κ1) is 27.9. The number of likely N-dealkylation sites (N-methyl/N-ethyl adjacent to an activating group) is 1. The highest BCUT2D eigenvalue weighted by Gasteiger charge is 2.43. The molecule has 35 heavy (non-hydrogen) atoms. The summed E-state index contributed by atoms with van der Waals surface area (Å²) in [5.74, 6) is -0.101. The van der Waals surface area contributed by atoms with Gasteiger partial charge >= 0.3 is 0 Å². The predicted molar refractivity (Wildman–Crippen MR) is 145 cm³/mol. The number of carbonyl (C=O) groups excluding carboxylic acids is 2. The average Bonchev–Trinajstić information content (AvgIpc) is 3.64. The predicted octanol–water partition coefficient (Wildman–Crippen LogP) is 5.52. The minimum Gasteiger partial charge on any atom is -0.395 e. The molecule has 0 aliphatic heterocycles. The lowest BCUT2D eigenvalue weighted by atomic mass is 9.86. The number of allylic oxidation sites excluding steroid dienone is 7. The lowest BCUT2D eigenvalue weighted by Crippen LogP contribution is -2.29. The van der Waals surface area contributed by atoms with Crippen molar-refractivity contribution < 1.29 is 14.7 Å². The van der Waals surface area contributed by atoms with Gasteiger partial charge in [0.25, 0.3) is 5.91 Å². The Morgan fingerprint density at radius 1 is 1.26 bits per heavy atom. The maximum atomic E-state index is 12.8. The lowest BCUT2D eigenvalue weighted by Gasteiger charge is -2.21. The van der Waals surface area contributed by atoms with Crippen molar-refractivity contribution in [2.75, 3.05) is 20.2 Å². The minimum absolute atomic E-state index is 0.0680. The highest BCUT2D eigenvalue weighted by molar-refractivity contribution is 5.95. The Balaban J connectivity index is 2.39. The van der Waals surface area contributed by atoms with E-state index in [0.29, 0.717) is 24.1 Å². The van der Waals surface area contributed by atoms with Gasteiger partial charge in [-0.15, -0.1) is 0 Å². The summed E-state index contributed by atoms with van der Waals surface area (Å²) in [4.78, 5) is 30.3. The van der Waals surface area contributed by atoms with E-state index in [1.807, 2.05) is 26.0 Å². The maximum Gasteiger partial charge on any atom is 0.253 e. The second-order valence-corrected chi connectivity index (χ2v) is 9.13. The third kappa shape index (κ3) is 7.33. The largest absolute Gasteiger partial charge is 0.395 e. The Labute approximate surface area is 210 Å². The molecule has 1 aromatic carbocycles. The summed E-state index contributed by atoms with van der Waals surface area (Å²) in [6.45, 7) is 13.9. The Kier molecular flexibility index (Phi) is 10.3. The van der Waals surface area contributed by atoms with E-state index in [4.69, 9.17) is 0 Å². The first-order valence-corrected chi connectivity index (χ1v) is 12.1. The fraction of sp³-hybridized carbons (Fsp3) is 0.367. The quantitative estimate of drug-likeness (QED) is 0.177. The number of hydrogen-bond donors (Lipinski definition) is 1. The van der Waals surface area contributed by atoms with Gasteiger partial charge in [0.05, 0.1) is 6.61 Å². The monoisotopic (exact) mass is 474 g/mol. The van der Waals surface area contributed by atoms with E-state index in [2.05, 4.69) is 31.1 Å². The molecule has 0 bridgehead atoms. The number of hydrogen-bond acceptors (Lipinski definition) is 4. The van der Waals surface area contributed by atoms with Crippen LogP contribution in [0.4, 0.5) is 0 Å². The van der Waals surface area contributed by atoms with Crippen LogP contribution in [0.5, 0.6) is 0 Å². The molecule has 0 saturated heterocycles. The Morgan fingerprint density at radius 3 is 2.51 bits per heavy atom. The fourth-order valence-corrected chi connectivity index (χ4v) is 4.23. The van der Waals surface area contributed by atoms with Crippen molar-refractivity contribution in [3.8, 4) is 0 Å². The average molecular weight is 475 g/mol. The molecule has 1 aliphatic rings. The molecule has 2 rings (SSSR count). The molecule has 1 aliphatic carbocycles. The summed E-state index contributed by atoms with van der Waals surface area (Å²) in [6, 6.07) is 5.99. The highest BCUT2D eigenvalue weighted by atomic mass is 16.3. The summed E-state index contributed by atoms with van der Waals surface area (Å²) in [7, 11) is 1.70. The topological polar surface area (TPSA) is 70.0 Å². The zero-order chi connectivity index (χ0) is 26.0. The van der Waals surface area contributed by atoms with Gasteiger partial charge in [0.1, 0.15) is 6.29 Å². The van der Waals surface area contributed by atoms with Crippen LogP contribution in [0.25, 0.3) is 0 Å². The van der Waals surface area contributed by atoms with E-state index in [-0.39, 0.29) is 17.9 Å². The molecule has 1 aromatic rings. The van der Waals surface area contributed by atoms with E-state index in [1.165, 1.54) is 10.5 Å². The van der Waals surface area contributed by atoms with Crippen LogP contribution < -0.4 is 0 Å². The van der Waals surface area contributed by atoms with E-state index in [0.717, 1.165) is 48.0 Å². The van der Waals surface area contributed by atoms with Gasteiger partial charge in [0, 0.05) is 43.1 Å². The van der Waals surface area contributed by atoms with Gasteiger partial charge in [0.15, 0.2) is 0 Å². The number of aliphatic hydroxyl groups is 1. The molecule has 0 spiro atoms. The van der Waals surface area contributed by atoms with Crippen LogP contribution in [0.2, 0.25) is 0 Å². The number of carbonyl (C=O) groups is 2. The fourth-order valence-electron chi connectivity index (χ4n) is 4.23. The van der Waals surface area contributed by atoms with Crippen LogP contribution >= 0.6 is 0 Å². The van der Waals surface area contributed by atoms with E-state index >= 15 is 0 Å². The van der Waals surface area contributed by atoms with Crippen LogP contribution in [-0.4, -0.2) is 48.1 Å². The first-order valence-electron chi connectivity index (χ1n) is 12.1. The van der Waals surface area contributed by atoms with E-state index < -0.39 is 0 Å². The molecule has 1 N–H and O–H groups in total. The lowest BCUT2D eigenvalue weighted by molar-refractivity contribution is -0.104. The zero-order valence-corrected chi connectivity index (χ0v) is 21.5. The van der Waals surface area contributed by atoms with Crippen LogP contribution in [0.1, 0.15) is 61.5 Å². The molecule has 1 amide bonds. The molecular formula is C30H38N2O3. The molecular weight excluding hydrogens is 436 g/mol. The molecule has 0 aromatic heterocycles. The Bertz CT molecular complexity index is 1080. The van der Waals surface area contributed by atoms with Crippen molar-refractivity contribution in [1.82, 2.24) is 4.90 Å². The molecule has 5 heteroatoms. The van der Waals surface area contributed by atoms with Gasteiger partial charge < -0.3 is 10.0 Å². The summed E-state index contributed by atoms with van der Waals surface area (Å²) in [6.07, 6.45) is 13.3. The van der Waals surface area contributed by atoms with Crippen molar-refractivity contribution in [2.24, 2.45) is 4.99 Å². The number of rotatable bonds is 13. The molecule has 0 radical (unpaired) electrons. The van der Waals surface area contributed by atoms with Crippen LogP contribution in [0, 0.1) is 0 Å². The summed E-state index contributed by atoms with van der Waals surface area (Å²) >= 11 is 0. The summed E-state index contributed by atoms with van der Waals surface area (Å²) in [5, 5.41) is 9.20. The summed E-state index contributed by atoms with van der Waals surface area (Å²) in [5.41, 5.74) is 6.36. The maximum absolute atomic E-state index is 12.8. The van der Waals surface area contributed by atoms with Crippen LogP contribution in [0.3, 0.4) is 0 Å². The smallest absolute Gasteiger partial charge is 0.253 e. The van der Waals surface area contributed by atoms with Crippen molar-refractivity contribution >= 4 is 17.9 Å². The van der Waals surface area contributed by atoms with Gasteiger partial charge in [-0.25, -0.2) is 0 Å². The third-order valence-corrected chi connectivity index (χ3v) is 6.61. The van der Waals surface area contributed by atoms with Crippen molar-refractivity contribution in [2.45, 2.75) is 51.9 Å². The molecule has 0 atom stereocenters. The van der Waals surface area contributed by atoms with E-state index in [1.54, 1.807) is 37.6 Å². The third-order valence-electron chi connectivity index (χ3n) is 6.61. The second kappa shape index (κ2) is 13.0. The zero-order valence-electron chi connectivity index (χ0n) is 21.5. The Hall–Kier alpha value is -3.31. The first-order chi connectivity index (χ1) is 16.7. The van der Waals surface area contributed by atoms with Gasteiger partial charge in [-0.3, -0.25) is 14.6 Å². The molecule has 0 unspecified atom stereocenters. The van der Waals surface area contributed by atoms with Crippen LogP contribution in [0.15, 0.2) is 83.6 Å². The number of aliphatic imine (C=N–C) groups is 1. The van der Waals surface area contributed by atoms with Gasteiger partial charge in [-0.2, -0.15) is 0 Å². The molecule has 1 saturated carbocycles. The standard InChI is InChI=1S/C30H38N2O3/c1-7-10-24(21-34)17-22(4)25(8-2)20-31-23(5)18-27-19-26(29(35)32(6)15-16-33)11-12-28(27)30(9-3)13-14-30/h7-8,10-12,17,19-21,33H,1-2,9,13-16,18H2,3-6H3/b22-17+,24-10+,25-20+,31-23+. The molecule has 0 heterocycles. The number of nitrogens with zero attached hydrogens (tertiary/aromatic N) is 2. The summed E-state index contributed by atoms with van der Waals surface area (Å²) < 4.78 is 0. The van der Waals surface area contributed by atoms with Crippen molar-refractivity contribution in [1.29, 1.82) is 0 Å². The van der Waals surface area contributed by atoms with Gasteiger partial charge in [-0.05, 0) is 79.0 Å². The molecule has 186 valence electrons. The second-order valence-electron chi connectivity index (χ2n) is 9.13. The molecule has 1 fully saturated rings. The van der Waals surface area contributed by atoms with Crippen LogP contribution in [-0.2, 0) is 16.6 Å². The number of aldehydes is 1. The van der Waals surface area contributed by atoms with Crippen molar-refractivity contribution in [3.63, 3.8) is 0 Å². The molecule has 5 nitrogen and oxygen atoms in total. The number of aliphatic hydroxyl groups excluding tert-OH is 1. The SMILES string of the molecule is C=C\C=C(C=O)/C=C(C)/C(C=C)=C/N=C(\C)Cc1cc(C(=O)N(C)CCO)ccc1C1(CC)CC1. The minimum atomic E-state index is -0.101. The van der Waals surface area contributed by atoms with Gasteiger partial charge in [0.2, 0.25) is 0 Å². The van der Waals surface area contributed by atoms with Gasteiger partial charge in [-0.1, -0.05) is 44.4 Å². The Morgan fingerprint density at radius 2 is 1.97 bits per heavy atom. The van der Waals surface area contributed by atoms with Crippen molar-refractivity contribution in [3.05, 3.63) is 95.3 Å². The normalized spacial score (nSPS) is 16.0. The van der Waals surface area contributed by atoms with E-state index in [9.17, 15) is 14.7 Å².